The van der Waals surface area contributed by atoms with E-state index in [0.717, 1.165) is 32.6 Å². The Bertz CT molecular complexity index is 1130. The van der Waals surface area contributed by atoms with Gasteiger partial charge in [-0.3, -0.25) is 4.79 Å². The number of carbonyl (C=O) groups excluding carboxylic acids is 1. The van der Waals surface area contributed by atoms with Crippen LogP contribution in [0.1, 0.15) is 27.4 Å². The van der Waals surface area contributed by atoms with Gasteiger partial charge in [-0.05, 0) is 43.7 Å². The third kappa shape index (κ3) is 4.68. The molecule has 0 saturated heterocycles. The Morgan fingerprint density at radius 3 is 2.66 bits per heavy atom. The number of hydrogen-bond acceptors (Lipinski definition) is 5. The molecule has 2 heterocycles. The van der Waals surface area contributed by atoms with E-state index in [1.54, 1.807) is 23.1 Å². The fourth-order valence-corrected chi connectivity index (χ4v) is 4.96. The molecule has 1 N–H and O–H groups in total. The van der Waals surface area contributed by atoms with E-state index in [1.807, 2.05) is 56.3 Å². The zero-order valence-corrected chi connectivity index (χ0v) is 18.0. The van der Waals surface area contributed by atoms with E-state index >= 15 is 0 Å². The minimum Gasteiger partial charge on any atom is -0.350 e. The van der Waals surface area contributed by atoms with Gasteiger partial charge in [-0.25, -0.2) is 9.97 Å². The molecule has 0 saturated carbocycles. The predicted molar refractivity (Wildman–Crippen MR) is 120 cm³/mol. The fourth-order valence-electron chi connectivity index (χ4n) is 3.16. The van der Waals surface area contributed by atoms with E-state index in [4.69, 9.17) is 0 Å². The summed E-state index contributed by atoms with van der Waals surface area (Å²) in [5, 5.41) is 5.07. The molecule has 0 aliphatic rings. The van der Waals surface area contributed by atoms with Crippen LogP contribution in [-0.2, 0) is 12.3 Å². The maximum Gasteiger partial charge on any atom is 0.251 e. The summed E-state index contributed by atoms with van der Waals surface area (Å²) in [4.78, 5) is 21.5. The van der Waals surface area contributed by atoms with Crippen molar-refractivity contribution in [1.29, 1.82) is 0 Å². The lowest BCUT2D eigenvalue weighted by Crippen LogP contribution is -2.27. The topological polar surface area (TPSA) is 59.8 Å². The third-order valence-electron chi connectivity index (χ3n) is 4.64. The Hall–Kier alpha value is -2.64. The van der Waals surface area contributed by atoms with Gasteiger partial charge in [0.05, 0.1) is 11.0 Å². The van der Waals surface area contributed by atoms with E-state index in [2.05, 4.69) is 31.3 Å². The smallest absolute Gasteiger partial charge is 0.251 e. The first-order chi connectivity index (χ1) is 14.1. The molecule has 2 aromatic carbocycles. The summed E-state index contributed by atoms with van der Waals surface area (Å²) in [5.41, 5.74) is 4.99. The van der Waals surface area contributed by atoms with E-state index in [1.165, 1.54) is 5.56 Å². The number of hydrogen-bond donors (Lipinski definition) is 1. The summed E-state index contributed by atoms with van der Waals surface area (Å²) in [5.74, 6) is 1.75. The van der Waals surface area contributed by atoms with Gasteiger partial charge in [0.25, 0.3) is 5.91 Å². The van der Waals surface area contributed by atoms with E-state index < -0.39 is 0 Å². The molecular weight excluding hydrogens is 400 g/mol. The summed E-state index contributed by atoms with van der Waals surface area (Å²) in [6, 6.07) is 15.8. The van der Waals surface area contributed by atoms with Crippen molar-refractivity contribution < 1.29 is 4.79 Å². The predicted octanol–water partition coefficient (Wildman–Crippen LogP) is 4.83. The molecule has 0 unspecified atom stereocenters. The number of imidazole rings is 1. The van der Waals surface area contributed by atoms with Crippen molar-refractivity contribution in [2.45, 2.75) is 30.5 Å². The molecule has 7 heteroatoms. The Kier molecular flexibility index (Phi) is 5.97. The van der Waals surface area contributed by atoms with Crippen molar-refractivity contribution in [2.24, 2.45) is 0 Å². The quantitative estimate of drug-likeness (QED) is 0.433. The standard InChI is InChI=1S/C22H22N4OS2/c1-15-13-28-22(24-15)29-14-17-7-9-18(10-8-17)21(27)23-11-12-26-16(2)25-19-5-3-4-6-20(19)26/h3-10,13H,11-12,14H2,1-2H3,(H,23,27). The van der Waals surface area contributed by atoms with Crippen LogP contribution in [-0.4, -0.2) is 27.0 Å². The van der Waals surface area contributed by atoms with Crippen LogP contribution in [0, 0.1) is 13.8 Å². The zero-order chi connectivity index (χ0) is 20.2. The number of fused-ring (bicyclic) bond motifs is 1. The molecule has 5 nitrogen and oxygen atoms in total. The molecule has 0 bridgehead atoms. The van der Waals surface area contributed by atoms with Gasteiger partial charge in [-0.15, -0.1) is 11.3 Å². The number of amides is 1. The van der Waals surface area contributed by atoms with E-state index in [0.29, 0.717) is 18.7 Å². The first kappa shape index (κ1) is 19.7. The number of para-hydroxylation sites is 2. The van der Waals surface area contributed by atoms with Crippen LogP contribution in [0.2, 0.25) is 0 Å². The molecule has 4 rings (SSSR count). The average Bonchev–Trinajstić information content (AvgIpc) is 3.29. The summed E-state index contributed by atoms with van der Waals surface area (Å²) in [7, 11) is 0. The van der Waals surface area contributed by atoms with Crippen molar-refractivity contribution in [1.82, 2.24) is 19.9 Å². The Labute approximate surface area is 178 Å². The summed E-state index contributed by atoms with van der Waals surface area (Å²) in [6.45, 7) is 5.25. The maximum atomic E-state index is 12.5. The van der Waals surface area contributed by atoms with Crippen molar-refractivity contribution >= 4 is 40.0 Å². The highest BCUT2D eigenvalue weighted by Crippen LogP contribution is 2.26. The minimum atomic E-state index is -0.0539. The number of carbonyl (C=O) groups is 1. The summed E-state index contributed by atoms with van der Waals surface area (Å²) in [6.07, 6.45) is 0. The monoisotopic (exact) mass is 422 g/mol. The normalized spacial score (nSPS) is 11.1. The van der Waals surface area contributed by atoms with E-state index in [-0.39, 0.29) is 5.91 Å². The number of benzene rings is 2. The second-order valence-electron chi connectivity index (χ2n) is 6.80. The lowest BCUT2D eigenvalue weighted by Gasteiger charge is -2.09. The van der Waals surface area contributed by atoms with Crippen molar-refractivity contribution in [3.05, 3.63) is 76.6 Å². The third-order valence-corrected chi connectivity index (χ3v) is 6.85. The molecule has 4 aromatic rings. The number of nitrogens with zero attached hydrogens (tertiary/aromatic N) is 3. The lowest BCUT2D eigenvalue weighted by atomic mass is 10.1. The van der Waals surface area contributed by atoms with Crippen LogP contribution in [0.15, 0.2) is 58.3 Å². The van der Waals surface area contributed by atoms with Gasteiger partial charge < -0.3 is 9.88 Å². The number of nitrogens with one attached hydrogen (secondary N) is 1. The van der Waals surface area contributed by atoms with Gasteiger partial charge in [0, 0.05) is 35.5 Å². The van der Waals surface area contributed by atoms with Crippen LogP contribution < -0.4 is 5.32 Å². The highest BCUT2D eigenvalue weighted by atomic mass is 32.2. The number of thiazole rings is 1. The minimum absolute atomic E-state index is 0.0539. The van der Waals surface area contributed by atoms with Crippen LogP contribution in [0.5, 0.6) is 0 Å². The second-order valence-corrected chi connectivity index (χ2v) is 8.88. The van der Waals surface area contributed by atoms with Crippen LogP contribution >= 0.6 is 23.1 Å². The SMILES string of the molecule is Cc1csc(SCc2ccc(C(=O)NCCn3c(C)nc4ccccc43)cc2)n1. The Morgan fingerprint density at radius 2 is 1.90 bits per heavy atom. The molecular formula is C22H22N4OS2. The molecule has 148 valence electrons. The lowest BCUT2D eigenvalue weighted by molar-refractivity contribution is 0.0952. The maximum absolute atomic E-state index is 12.5. The second kappa shape index (κ2) is 8.80. The average molecular weight is 423 g/mol. The van der Waals surface area contributed by atoms with Gasteiger partial charge in [0.15, 0.2) is 0 Å². The molecule has 0 radical (unpaired) electrons. The van der Waals surface area contributed by atoms with Gasteiger partial charge in [-0.1, -0.05) is 36.0 Å². The van der Waals surface area contributed by atoms with Gasteiger partial charge >= 0.3 is 0 Å². The number of aromatic nitrogens is 3. The van der Waals surface area contributed by atoms with Gasteiger partial charge in [0.1, 0.15) is 10.2 Å². The van der Waals surface area contributed by atoms with Crippen molar-refractivity contribution in [2.75, 3.05) is 6.54 Å². The van der Waals surface area contributed by atoms with Gasteiger partial charge in [0.2, 0.25) is 0 Å². The molecule has 0 spiro atoms. The number of aryl methyl sites for hydroxylation is 2. The largest absolute Gasteiger partial charge is 0.350 e. The Morgan fingerprint density at radius 1 is 1.10 bits per heavy atom. The molecule has 0 fully saturated rings. The van der Waals surface area contributed by atoms with Gasteiger partial charge in [-0.2, -0.15) is 0 Å². The molecule has 0 aliphatic heterocycles. The van der Waals surface area contributed by atoms with E-state index in [9.17, 15) is 4.79 Å². The summed E-state index contributed by atoms with van der Waals surface area (Å²) < 4.78 is 3.21. The highest BCUT2D eigenvalue weighted by molar-refractivity contribution is 8.00. The van der Waals surface area contributed by atoms with Crippen LogP contribution in [0.25, 0.3) is 11.0 Å². The van der Waals surface area contributed by atoms with Crippen molar-refractivity contribution in [3.63, 3.8) is 0 Å². The highest BCUT2D eigenvalue weighted by Gasteiger charge is 2.09. The fraction of sp³-hybridized carbons (Fsp3) is 0.227. The molecule has 0 aliphatic carbocycles. The first-order valence-corrected chi connectivity index (χ1v) is 11.3. The number of rotatable bonds is 7. The number of thioether (sulfide) groups is 1. The van der Waals surface area contributed by atoms with Crippen LogP contribution in [0.4, 0.5) is 0 Å². The first-order valence-electron chi connectivity index (χ1n) is 9.44. The Balaban J connectivity index is 1.31. The summed E-state index contributed by atoms with van der Waals surface area (Å²) >= 11 is 3.39. The van der Waals surface area contributed by atoms with Crippen molar-refractivity contribution in [3.8, 4) is 0 Å². The molecule has 29 heavy (non-hydrogen) atoms. The molecule has 2 aromatic heterocycles. The molecule has 1 amide bonds. The zero-order valence-electron chi connectivity index (χ0n) is 16.4. The van der Waals surface area contributed by atoms with Crippen LogP contribution in [0.3, 0.4) is 0 Å². The molecule has 0 atom stereocenters.